The molecule has 2 rings (SSSR count). The van der Waals surface area contributed by atoms with Crippen LogP contribution < -0.4 is 9.64 Å². The summed E-state index contributed by atoms with van der Waals surface area (Å²) in [6.45, 7) is 0.510. The van der Waals surface area contributed by atoms with Crippen molar-refractivity contribution in [2.45, 2.75) is 18.9 Å². The SMILES string of the molecule is COc1cc(N(CCO)C2CC2)cc([N+](=O)[O-])c1. The zero-order chi connectivity index (χ0) is 13.1. The molecule has 0 aromatic heterocycles. The Morgan fingerprint density at radius 1 is 1.50 bits per heavy atom. The summed E-state index contributed by atoms with van der Waals surface area (Å²) in [6, 6.07) is 5.06. The van der Waals surface area contributed by atoms with Crippen LogP contribution in [-0.2, 0) is 0 Å². The Hall–Kier alpha value is -1.82. The minimum Gasteiger partial charge on any atom is -0.496 e. The summed E-state index contributed by atoms with van der Waals surface area (Å²) in [5.74, 6) is 0.461. The number of hydrogen-bond acceptors (Lipinski definition) is 5. The average molecular weight is 252 g/mol. The number of hydrogen-bond donors (Lipinski definition) is 1. The van der Waals surface area contributed by atoms with Gasteiger partial charge in [-0.2, -0.15) is 0 Å². The highest BCUT2D eigenvalue weighted by atomic mass is 16.6. The molecule has 98 valence electrons. The van der Waals surface area contributed by atoms with Gasteiger partial charge in [-0.25, -0.2) is 0 Å². The third-order valence-corrected chi connectivity index (χ3v) is 2.98. The number of nitro groups is 1. The Balaban J connectivity index is 2.34. The van der Waals surface area contributed by atoms with E-state index in [0.29, 0.717) is 18.3 Å². The number of rotatable bonds is 6. The van der Waals surface area contributed by atoms with Crippen molar-refractivity contribution in [2.75, 3.05) is 25.2 Å². The van der Waals surface area contributed by atoms with Crippen LogP contribution in [0.25, 0.3) is 0 Å². The lowest BCUT2D eigenvalue weighted by Crippen LogP contribution is -2.28. The lowest BCUT2D eigenvalue weighted by atomic mass is 10.2. The number of nitrogens with zero attached hydrogens (tertiary/aromatic N) is 2. The Morgan fingerprint density at radius 3 is 2.72 bits per heavy atom. The van der Waals surface area contributed by atoms with Gasteiger partial charge in [-0.3, -0.25) is 10.1 Å². The van der Waals surface area contributed by atoms with E-state index < -0.39 is 4.92 Å². The lowest BCUT2D eigenvalue weighted by Gasteiger charge is -2.23. The van der Waals surface area contributed by atoms with Gasteiger partial charge in [0.25, 0.3) is 5.69 Å². The van der Waals surface area contributed by atoms with E-state index in [0.717, 1.165) is 18.5 Å². The highest BCUT2D eigenvalue weighted by molar-refractivity contribution is 5.59. The maximum Gasteiger partial charge on any atom is 0.275 e. The first-order valence-corrected chi connectivity index (χ1v) is 5.86. The molecule has 6 heteroatoms. The van der Waals surface area contributed by atoms with E-state index in [9.17, 15) is 10.1 Å². The van der Waals surface area contributed by atoms with Gasteiger partial charge in [0.15, 0.2) is 0 Å². The highest BCUT2D eigenvalue weighted by Crippen LogP contribution is 2.35. The minimum atomic E-state index is -0.434. The summed E-state index contributed by atoms with van der Waals surface area (Å²) in [4.78, 5) is 12.4. The molecule has 0 bridgehead atoms. The second-order valence-corrected chi connectivity index (χ2v) is 4.29. The van der Waals surface area contributed by atoms with Crippen molar-refractivity contribution >= 4 is 11.4 Å². The second-order valence-electron chi connectivity index (χ2n) is 4.29. The van der Waals surface area contributed by atoms with Crippen LogP contribution in [0.2, 0.25) is 0 Å². The molecule has 18 heavy (non-hydrogen) atoms. The molecule has 0 unspecified atom stereocenters. The first-order valence-electron chi connectivity index (χ1n) is 5.86. The summed E-state index contributed by atoms with van der Waals surface area (Å²) in [5, 5.41) is 19.9. The van der Waals surface area contributed by atoms with E-state index >= 15 is 0 Å². The van der Waals surface area contributed by atoms with Gasteiger partial charge in [-0.15, -0.1) is 0 Å². The number of non-ortho nitro benzene ring substituents is 1. The van der Waals surface area contributed by atoms with Gasteiger partial charge in [-0.05, 0) is 12.8 Å². The van der Waals surface area contributed by atoms with Crippen LogP contribution >= 0.6 is 0 Å². The van der Waals surface area contributed by atoms with Gasteiger partial charge in [-0.1, -0.05) is 0 Å². The maximum atomic E-state index is 10.9. The molecule has 1 fully saturated rings. The Morgan fingerprint density at radius 2 is 2.22 bits per heavy atom. The fourth-order valence-corrected chi connectivity index (χ4v) is 1.97. The number of methoxy groups -OCH3 is 1. The molecule has 0 aliphatic heterocycles. The van der Waals surface area contributed by atoms with E-state index in [2.05, 4.69) is 0 Å². The summed E-state index contributed by atoms with van der Waals surface area (Å²) in [6.07, 6.45) is 2.12. The van der Waals surface area contributed by atoms with Gasteiger partial charge < -0.3 is 14.7 Å². The van der Waals surface area contributed by atoms with Gasteiger partial charge in [0, 0.05) is 30.4 Å². The van der Waals surface area contributed by atoms with Crippen molar-refractivity contribution in [3.05, 3.63) is 28.3 Å². The summed E-state index contributed by atoms with van der Waals surface area (Å²) in [7, 11) is 1.48. The molecule has 0 heterocycles. The summed E-state index contributed by atoms with van der Waals surface area (Å²) >= 11 is 0. The molecule has 0 atom stereocenters. The molecule has 1 N–H and O–H groups in total. The van der Waals surface area contributed by atoms with Crippen molar-refractivity contribution < 1.29 is 14.8 Å². The molecule has 1 aromatic rings. The average Bonchev–Trinajstić information content (AvgIpc) is 3.19. The minimum absolute atomic E-state index is 0.00735. The lowest BCUT2D eigenvalue weighted by molar-refractivity contribution is -0.384. The normalized spacial score (nSPS) is 14.3. The van der Waals surface area contributed by atoms with Crippen LogP contribution in [-0.4, -0.2) is 36.3 Å². The first-order chi connectivity index (χ1) is 8.65. The smallest absolute Gasteiger partial charge is 0.275 e. The fraction of sp³-hybridized carbons (Fsp3) is 0.500. The van der Waals surface area contributed by atoms with E-state index in [4.69, 9.17) is 9.84 Å². The first kappa shape index (κ1) is 12.6. The monoisotopic (exact) mass is 252 g/mol. The number of anilines is 1. The molecule has 1 aliphatic carbocycles. The Bertz CT molecular complexity index is 446. The number of benzene rings is 1. The van der Waals surface area contributed by atoms with Crippen molar-refractivity contribution in [2.24, 2.45) is 0 Å². The maximum absolute atomic E-state index is 10.9. The van der Waals surface area contributed by atoms with E-state index in [1.807, 2.05) is 4.90 Å². The van der Waals surface area contributed by atoms with Gasteiger partial charge in [0.05, 0.1) is 24.7 Å². The van der Waals surface area contributed by atoms with Crippen LogP contribution in [0, 0.1) is 10.1 Å². The van der Waals surface area contributed by atoms with Crippen molar-refractivity contribution in [1.29, 1.82) is 0 Å². The van der Waals surface area contributed by atoms with E-state index in [1.54, 1.807) is 6.07 Å². The molecule has 0 amide bonds. The summed E-state index contributed by atoms with van der Waals surface area (Å²) < 4.78 is 5.08. The van der Waals surface area contributed by atoms with Gasteiger partial charge in [0.1, 0.15) is 5.75 Å². The third-order valence-electron chi connectivity index (χ3n) is 2.98. The second kappa shape index (κ2) is 5.22. The predicted octanol–water partition coefficient (Wildman–Crippen LogP) is 1.56. The molecule has 6 nitrogen and oxygen atoms in total. The van der Waals surface area contributed by atoms with Crippen molar-refractivity contribution in [3.63, 3.8) is 0 Å². The van der Waals surface area contributed by atoms with Crippen LogP contribution in [0.4, 0.5) is 11.4 Å². The number of nitro benzene ring substituents is 1. The largest absolute Gasteiger partial charge is 0.496 e. The molecular formula is C12H16N2O4. The highest BCUT2D eigenvalue weighted by Gasteiger charge is 2.30. The van der Waals surface area contributed by atoms with Crippen LogP contribution in [0.3, 0.4) is 0 Å². The summed E-state index contributed by atoms with van der Waals surface area (Å²) in [5.41, 5.74) is 0.741. The van der Waals surface area contributed by atoms with Crippen LogP contribution in [0.5, 0.6) is 5.75 Å². The molecule has 0 radical (unpaired) electrons. The van der Waals surface area contributed by atoms with Crippen LogP contribution in [0.1, 0.15) is 12.8 Å². The van der Waals surface area contributed by atoms with Crippen molar-refractivity contribution in [3.8, 4) is 5.75 Å². The molecule has 1 aromatic carbocycles. The van der Waals surface area contributed by atoms with Crippen LogP contribution in [0.15, 0.2) is 18.2 Å². The zero-order valence-electron chi connectivity index (χ0n) is 10.2. The molecule has 0 saturated heterocycles. The third kappa shape index (κ3) is 2.70. The zero-order valence-corrected chi connectivity index (χ0v) is 10.2. The number of ether oxygens (including phenoxy) is 1. The van der Waals surface area contributed by atoms with E-state index in [1.165, 1.54) is 19.2 Å². The number of aliphatic hydroxyl groups is 1. The molecule has 0 spiro atoms. The van der Waals surface area contributed by atoms with Gasteiger partial charge >= 0.3 is 0 Å². The predicted molar refractivity (Wildman–Crippen MR) is 67.1 cm³/mol. The molecule has 1 aliphatic rings. The van der Waals surface area contributed by atoms with Crippen molar-refractivity contribution in [1.82, 2.24) is 0 Å². The van der Waals surface area contributed by atoms with Gasteiger partial charge in [0.2, 0.25) is 0 Å². The number of aliphatic hydroxyl groups excluding tert-OH is 1. The Kier molecular flexibility index (Phi) is 3.66. The van der Waals surface area contributed by atoms with E-state index in [-0.39, 0.29) is 12.3 Å². The quantitative estimate of drug-likeness (QED) is 0.614. The standard InChI is InChI=1S/C12H16N2O4/c1-18-12-7-10(6-11(8-12)14(16)17)13(4-5-15)9-2-3-9/h6-9,15H,2-5H2,1H3. The Labute approximate surface area is 105 Å². The molecule has 1 saturated carbocycles. The molecular weight excluding hydrogens is 236 g/mol. The topological polar surface area (TPSA) is 75.8 Å². The fourth-order valence-electron chi connectivity index (χ4n) is 1.97.